The maximum absolute atomic E-state index is 3.39. The molecule has 0 radical (unpaired) electrons. The summed E-state index contributed by atoms with van der Waals surface area (Å²) in [4.78, 5) is 2.50. The van der Waals surface area contributed by atoms with Crippen LogP contribution in [0.15, 0.2) is 30.3 Å². The third-order valence-corrected chi connectivity index (χ3v) is 3.27. The molecule has 1 N–H and O–H groups in total. The first kappa shape index (κ1) is 8.98. The van der Waals surface area contributed by atoms with Gasteiger partial charge in [-0.3, -0.25) is 0 Å². The average Bonchev–Trinajstić information content (AvgIpc) is 2.74. The first-order valence-corrected chi connectivity index (χ1v) is 5.69. The van der Waals surface area contributed by atoms with E-state index < -0.39 is 0 Å². The summed E-state index contributed by atoms with van der Waals surface area (Å²) in [6, 6.07) is 8.75. The second kappa shape index (κ2) is 3.70. The quantitative estimate of drug-likeness (QED) is 0.739. The van der Waals surface area contributed by atoms with Crippen molar-refractivity contribution in [3.8, 4) is 0 Å². The molecule has 3 rings (SSSR count). The van der Waals surface area contributed by atoms with Crippen LogP contribution in [0.5, 0.6) is 0 Å². The van der Waals surface area contributed by atoms with Crippen LogP contribution in [0.3, 0.4) is 0 Å². The van der Waals surface area contributed by atoms with E-state index in [0.29, 0.717) is 0 Å². The number of fused-ring (bicyclic) bond motifs is 1. The molecule has 1 fully saturated rings. The Hall–Kier alpha value is -1.28. The monoisotopic (exact) mass is 200 g/mol. The van der Waals surface area contributed by atoms with Crippen molar-refractivity contribution in [3.05, 3.63) is 41.5 Å². The number of nitrogens with zero attached hydrogens (tertiary/aromatic N) is 1. The van der Waals surface area contributed by atoms with Crippen molar-refractivity contribution in [3.63, 3.8) is 0 Å². The summed E-state index contributed by atoms with van der Waals surface area (Å²) in [5.41, 5.74) is 4.37. The molecule has 0 bridgehead atoms. The van der Waals surface area contributed by atoms with E-state index in [1.54, 1.807) is 0 Å². The molecule has 0 amide bonds. The predicted molar refractivity (Wildman–Crippen MR) is 62.6 cm³/mol. The van der Waals surface area contributed by atoms with Crippen molar-refractivity contribution < 1.29 is 0 Å². The van der Waals surface area contributed by atoms with Crippen LogP contribution < -0.4 is 5.32 Å². The molecule has 1 aromatic carbocycles. The first-order valence-electron chi connectivity index (χ1n) is 5.69. The standard InChI is InChI=1S/C13H16N2/c1-2-4-12-11(3-1)5-6-13(12)15-9-7-14-8-10-15/h1-4,6,14H,5,7-10H2. The van der Waals surface area contributed by atoms with Crippen molar-refractivity contribution in [1.29, 1.82) is 0 Å². The molecular weight excluding hydrogens is 184 g/mol. The van der Waals surface area contributed by atoms with Gasteiger partial charge in [-0.25, -0.2) is 0 Å². The lowest BCUT2D eigenvalue weighted by Gasteiger charge is -2.31. The van der Waals surface area contributed by atoms with Gasteiger partial charge in [0.1, 0.15) is 0 Å². The van der Waals surface area contributed by atoms with Gasteiger partial charge in [0.25, 0.3) is 0 Å². The van der Waals surface area contributed by atoms with Gasteiger partial charge in [0.2, 0.25) is 0 Å². The second-order valence-corrected chi connectivity index (χ2v) is 4.19. The highest BCUT2D eigenvalue weighted by Crippen LogP contribution is 2.29. The first-order chi connectivity index (χ1) is 7.45. The molecule has 1 saturated heterocycles. The minimum absolute atomic E-state index is 1.11. The minimum Gasteiger partial charge on any atom is -0.369 e. The zero-order valence-corrected chi connectivity index (χ0v) is 8.87. The van der Waals surface area contributed by atoms with E-state index in [0.717, 1.165) is 32.6 Å². The Kier molecular flexibility index (Phi) is 2.22. The molecule has 1 aromatic rings. The van der Waals surface area contributed by atoms with Crippen LogP contribution in [0.4, 0.5) is 0 Å². The van der Waals surface area contributed by atoms with Crippen molar-refractivity contribution >= 4 is 5.70 Å². The van der Waals surface area contributed by atoms with Gasteiger partial charge in [-0.1, -0.05) is 30.3 Å². The fourth-order valence-electron chi connectivity index (χ4n) is 2.47. The maximum Gasteiger partial charge on any atom is 0.0406 e. The summed E-state index contributed by atoms with van der Waals surface area (Å²) in [6.45, 7) is 4.50. The molecule has 2 heteroatoms. The lowest BCUT2D eigenvalue weighted by Crippen LogP contribution is -2.42. The van der Waals surface area contributed by atoms with Crippen molar-refractivity contribution in [2.24, 2.45) is 0 Å². The van der Waals surface area contributed by atoms with Crippen LogP contribution in [0.1, 0.15) is 11.1 Å². The number of benzene rings is 1. The van der Waals surface area contributed by atoms with E-state index in [4.69, 9.17) is 0 Å². The summed E-state index contributed by atoms with van der Waals surface area (Å²) in [5.74, 6) is 0. The van der Waals surface area contributed by atoms with Gasteiger partial charge in [0, 0.05) is 37.4 Å². The van der Waals surface area contributed by atoms with Crippen LogP contribution in [-0.4, -0.2) is 31.1 Å². The van der Waals surface area contributed by atoms with Gasteiger partial charge < -0.3 is 10.2 Å². The summed E-state index contributed by atoms with van der Waals surface area (Å²) < 4.78 is 0. The molecule has 2 aliphatic rings. The van der Waals surface area contributed by atoms with Crippen LogP contribution in [-0.2, 0) is 6.42 Å². The van der Waals surface area contributed by atoms with E-state index in [1.807, 2.05) is 0 Å². The molecule has 0 spiro atoms. The Morgan fingerprint density at radius 2 is 1.87 bits per heavy atom. The molecular formula is C13H16N2. The van der Waals surface area contributed by atoms with E-state index >= 15 is 0 Å². The van der Waals surface area contributed by atoms with Gasteiger partial charge in [0.05, 0.1) is 0 Å². The number of rotatable bonds is 1. The molecule has 2 nitrogen and oxygen atoms in total. The van der Waals surface area contributed by atoms with E-state index in [1.165, 1.54) is 16.8 Å². The molecule has 0 saturated carbocycles. The van der Waals surface area contributed by atoms with E-state index in [-0.39, 0.29) is 0 Å². The summed E-state index contributed by atoms with van der Waals surface area (Å²) in [6.07, 6.45) is 3.48. The third-order valence-electron chi connectivity index (χ3n) is 3.27. The molecule has 1 heterocycles. The maximum atomic E-state index is 3.39. The minimum atomic E-state index is 1.11. The normalized spacial score (nSPS) is 20.0. The summed E-state index contributed by atoms with van der Waals surface area (Å²) in [5, 5.41) is 3.39. The fourth-order valence-corrected chi connectivity index (χ4v) is 2.47. The highest BCUT2D eigenvalue weighted by molar-refractivity contribution is 5.71. The largest absolute Gasteiger partial charge is 0.369 e. The number of nitrogens with one attached hydrogen (secondary N) is 1. The topological polar surface area (TPSA) is 15.3 Å². The Labute approximate surface area is 90.6 Å². The number of piperazine rings is 1. The molecule has 0 atom stereocenters. The second-order valence-electron chi connectivity index (χ2n) is 4.19. The average molecular weight is 200 g/mol. The molecule has 15 heavy (non-hydrogen) atoms. The number of hydrogen-bond acceptors (Lipinski definition) is 2. The molecule has 1 aliphatic carbocycles. The third kappa shape index (κ3) is 1.55. The van der Waals surface area contributed by atoms with Crippen molar-refractivity contribution in [1.82, 2.24) is 10.2 Å². The highest BCUT2D eigenvalue weighted by atomic mass is 15.2. The predicted octanol–water partition coefficient (Wildman–Crippen LogP) is 1.49. The van der Waals surface area contributed by atoms with Gasteiger partial charge >= 0.3 is 0 Å². The Morgan fingerprint density at radius 1 is 1.07 bits per heavy atom. The Balaban J connectivity index is 1.89. The van der Waals surface area contributed by atoms with Gasteiger partial charge in [0.15, 0.2) is 0 Å². The SMILES string of the molecule is C1=C(N2CCNCC2)c2ccccc2C1. The molecule has 78 valence electrons. The Morgan fingerprint density at radius 3 is 2.73 bits per heavy atom. The summed E-state index contributed by atoms with van der Waals surface area (Å²) >= 11 is 0. The van der Waals surface area contributed by atoms with Gasteiger partial charge in [-0.2, -0.15) is 0 Å². The van der Waals surface area contributed by atoms with Crippen LogP contribution in [0, 0.1) is 0 Å². The van der Waals surface area contributed by atoms with Crippen molar-refractivity contribution in [2.75, 3.05) is 26.2 Å². The van der Waals surface area contributed by atoms with Gasteiger partial charge in [-0.15, -0.1) is 0 Å². The van der Waals surface area contributed by atoms with Crippen molar-refractivity contribution in [2.45, 2.75) is 6.42 Å². The zero-order chi connectivity index (χ0) is 10.1. The smallest absolute Gasteiger partial charge is 0.0406 e. The highest BCUT2D eigenvalue weighted by Gasteiger charge is 2.19. The van der Waals surface area contributed by atoms with E-state index in [9.17, 15) is 0 Å². The lowest BCUT2D eigenvalue weighted by molar-refractivity contribution is 0.341. The Bertz CT molecular complexity index is 389. The fraction of sp³-hybridized carbons (Fsp3) is 0.385. The van der Waals surface area contributed by atoms with Crippen LogP contribution in [0.2, 0.25) is 0 Å². The van der Waals surface area contributed by atoms with Crippen LogP contribution >= 0.6 is 0 Å². The molecule has 0 unspecified atom stereocenters. The molecule has 0 aromatic heterocycles. The summed E-state index contributed by atoms with van der Waals surface area (Å²) in [7, 11) is 0. The number of allylic oxidation sites excluding steroid dienone is 1. The zero-order valence-electron chi connectivity index (χ0n) is 8.87. The number of hydrogen-bond donors (Lipinski definition) is 1. The van der Waals surface area contributed by atoms with E-state index in [2.05, 4.69) is 40.6 Å². The van der Waals surface area contributed by atoms with Crippen LogP contribution in [0.25, 0.3) is 5.70 Å². The molecule has 1 aliphatic heterocycles. The lowest BCUT2D eigenvalue weighted by atomic mass is 10.1. The van der Waals surface area contributed by atoms with Gasteiger partial charge in [-0.05, 0) is 12.0 Å².